The van der Waals surface area contributed by atoms with Crippen molar-refractivity contribution in [3.63, 3.8) is 0 Å². The Labute approximate surface area is 186 Å². The summed E-state index contributed by atoms with van der Waals surface area (Å²) in [5, 5.41) is 3.04. The molecule has 1 aliphatic rings. The van der Waals surface area contributed by atoms with Crippen molar-refractivity contribution < 1.29 is 9.59 Å². The van der Waals surface area contributed by atoms with Gasteiger partial charge in [-0.2, -0.15) is 0 Å². The molecule has 31 heavy (non-hydrogen) atoms. The predicted molar refractivity (Wildman–Crippen MR) is 127 cm³/mol. The first-order valence-corrected chi connectivity index (χ1v) is 11.4. The van der Waals surface area contributed by atoms with Crippen molar-refractivity contribution in [2.75, 3.05) is 30.9 Å². The van der Waals surface area contributed by atoms with E-state index >= 15 is 0 Å². The van der Waals surface area contributed by atoms with Crippen LogP contribution in [0.15, 0.2) is 48.5 Å². The average molecular weight is 422 g/mol. The van der Waals surface area contributed by atoms with Crippen LogP contribution in [0.2, 0.25) is 0 Å². The van der Waals surface area contributed by atoms with Crippen molar-refractivity contribution >= 4 is 23.2 Å². The molecule has 0 saturated heterocycles. The van der Waals surface area contributed by atoms with Crippen molar-refractivity contribution in [1.82, 2.24) is 4.90 Å². The molecule has 3 rings (SSSR count). The molecule has 0 aromatic heterocycles. The molecule has 1 saturated carbocycles. The molecule has 0 radical (unpaired) electrons. The van der Waals surface area contributed by atoms with Crippen LogP contribution >= 0.6 is 0 Å². The topological polar surface area (TPSA) is 52.7 Å². The molecule has 0 aliphatic heterocycles. The number of carbonyl (C=O) groups is 2. The minimum atomic E-state index is -0.145. The van der Waals surface area contributed by atoms with E-state index in [-0.39, 0.29) is 23.7 Å². The molecule has 1 fully saturated rings. The van der Waals surface area contributed by atoms with Gasteiger partial charge in [0.2, 0.25) is 11.8 Å². The molecule has 2 amide bonds. The Bertz CT molecular complexity index is 891. The monoisotopic (exact) mass is 421 g/mol. The fourth-order valence-corrected chi connectivity index (χ4v) is 4.02. The summed E-state index contributed by atoms with van der Waals surface area (Å²) < 4.78 is 0. The van der Waals surface area contributed by atoms with E-state index in [1.54, 1.807) is 0 Å². The lowest BCUT2D eigenvalue weighted by molar-refractivity contribution is -0.133. The highest BCUT2D eigenvalue weighted by Crippen LogP contribution is 2.32. The van der Waals surface area contributed by atoms with Crippen LogP contribution in [0.3, 0.4) is 0 Å². The predicted octanol–water partition coefficient (Wildman–Crippen LogP) is 5.03. The van der Waals surface area contributed by atoms with Gasteiger partial charge in [0.1, 0.15) is 0 Å². The Morgan fingerprint density at radius 2 is 1.77 bits per heavy atom. The lowest BCUT2D eigenvalue weighted by Crippen LogP contribution is -2.35. The van der Waals surface area contributed by atoms with Crippen LogP contribution in [-0.4, -0.2) is 37.4 Å². The third-order valence-electron chi connectivity index (χ3n) is 5.85. The number of nitrogens with zero attached hydrogens (tertiary/aromatic N) is 2. The first-order valence-electron chi connectivity index (χ1n) is 11.4. The Hall–Kier alpha value is -2.82. The minimum Gasteiger partial charge on any atom is -0.377 e. The second-order valence-corrected chi connectivity index (χ2v) is 8.63. The van der Waals surface area contributed by atoms with Crippen LogP contribution in [0.5, 0.6) is 0 Å². The van der Waals surface area contributed by atoms with E-state index in [1.165, 1.54) is 0 Å². The first-order chi connectivity index (χ1) is 14.9. The molecule has 2 aromatic rings. The Balaban J connectivity index is 1.86. The molecule has 5 nitrogen and oxygen atoms in total. The molecule has 0 heterocycles. The lowest BCUT2D eigenvalue weighted by Gasteiger charge is -2.29. The quantitative estimate of drug-likeness (QED) is 0.585. The van der Waals surface area contributed by atoms with Gasteiger partial charge in [0.05, 0.1) is 5.92 Å². The van der Waals surface area contributed by atoms with E-state index in [9.17, 15) is 9.59 Å². The molecular weight excluding hydrogens is 386 g/mol. The fraction of sp³-hybridized carbons (Fsp3) is 0.462. The maximum Gasteiger partial charge on any atom is 0.230 e. The van der Waals surface area contributed by atoms with Gasteiger partial charge in [-0.1, -0.05) is 44.2 Å². The standard InChI is InChI=1S/C26H35N3O2/c1-5-16-29(26(31)23(6-2)19-10-8-7-9-11-19)18-21-17-22(14-15-24(21)28(3)4)27-25(30)20-12-13-20/h7-11,14-15,17,20,23H,5-6,12-13,16,18H2,1-4H3,(H,27,30). The largest absolute Gasteiger partial charge is 0.377 e. The second kappa shape index (κ2) is 10.5. The highest BCUT2D eigenvalue weighted by Gasteiger charge is 2.30. The molecule has 1 atom stereocenters. The number of amides is 2. The third kappa shape index (κ3) is 5.87. The van der Waals surface area contributed by atoms with E-state index in [4.69, 9.17) is 0 Å². The number of hydrogen-bond acceptors (Lipinski definition) is 3. The number of hydrogen-bond donors (Lipinski definition) is 1. The van der Waals surface area contributed by atoms with Gasteiger partial charge in [-0.05, 0) is 55.0 Å². The SMILES string of the molecule is CCCN(Cc1cc(NC(=O)C2CC2)ccc1N(C)C)C(=O)C(CC)c1ccccc1. The minimum absolute atomic E-state index is 0.0974. The van der Waals surface area contributed by atoms with Gasteiger partial charge in [0, 0.05) is 44.5 Å². The van der Waals surface area contributed by atoms with Crippen LogP contribution in [0.25, 0.3) is 0 Å². The summed E-state index contributed by atoms with van der Waals surface area (Å²) in [6, 6.07) is 16.0. The van der Waals surface area contributed by atoms with Gasteiger partial charge in [-0.25, -0.2) is 0 Å². The molecule has 1 N–H and O–H groups in total. The normalized spacial score (nSPS) is 14.1. The lowest BCUT2D eigenvalue weighted by atomic mass is 9.94. The van der Waals surface area contributed by atoms with Crippen molar-refractivity contribution in [1.29, 1.82) is 0 Å². The number of anilines is 2. The molecule has 2 aromatic carbocycles. The number of rotatable bonds is 10. The molecular formula is C26H35N3O2. The smallest absolute Gasteiger partial charge is 0.230 e. The van der Waals surface area contributed by atoms with Crippen LogP contribution in [0, 0.1) is 5.92 Å². The second-order valence-electron chi connectivity index (χ2n) is 8.63. The maximum atomic E-state index is 13.6. The van der Waals surface area contributed by atoms with Gasteiger partial charge < -0.3 is 15.1 Å². The van der Waals surface area contributed by atoms with Crippen LogP contribution in [0.1, 0.15) is 56.6 Å². The molecule has 0 spiro atoms. The van der Waals surface area contributed by atoms with E-state index < -0.39 is 0 Å². The van der Waals surface area contributed by atoms with Crippen LogP contribution < -0.4 is 10.2 Å². The molecule has 5 heteroatoms. The highest BCUT2D eigenvalue weighted by molar-refractivity contribution is 5.94. The van der Waals surface area contributed by atoms with E-state index in [0.717, 1.165) is 48.2 Å². The summed E-state index contributed by atoms with van der Waals surface area (Å²) in [5.74, 6) is 0.271. The van der Waals surface area contributed by atoms with Gasteiger partial charge >= 0.3 is 0 Å². The fourth-order valence-electron chi connectivity index (χ4n) is 4.02. The first kappa shape index (κ1) is 22.9. The Morgan fingerprint density at radius 1 is 1.06 bits per heavy atom. The molecule has 166 valence electrons. The van der Waals surface area contributed by atoms with Gasteiger partial charge in [-0.15, -0.1) is 0 Å². The van der Waals surface area contributed by atoms with Gasteiger partial charge in [-0.3, -0.25) is 9.59 Å². The summed E-state index contributed by atoms with van der Waals surface area (Å²) in [7, 11) is 4.01. The number of nitrogens with one attached hydrogen (secondary N) is 1. The average Bonchev–Trinajstić information content (AvgIpc) is 3.60. The van der Waals surface area contributed by atoms with Crippen LogP contribution in [0.4, 0.5) is 11.4 Å². The number of carbonyl (C=O) groups excluding carboxylic acids is 2. The zero-order chi connectivity index (χ0) is 22.4. The van der Waals surface area contributed by atoms with Crippen molar-refractivity contribution in [3.05, 3.63) is 59.7 Å². The third-order valence-corrected chi connectivity index (χ3v) is 5.85. The summed E-state index contributed by atoms with van der Waals surface area (Å²) in [6.07, 6.45) is 3.61. The van der Waals surface area contributed by atoms with E-state index in [2.05, 4.69) is 24.1 Å². The molecule has 0 bridgehead atoms. The summed E-state index contributed by atoms with van der Waals surface area (Å²) in [6.45, 7) is 5.40. The zero-order valence-electron chi connectivity index (χ0n) is 19.2. The zero-order valence-corrected chi connectivity index (χ0v) is 19.2. The Kier molecular flexibility index (Phi) is 7.72. The summed E-state index contributed by atoms with van der Waals surface area (Å²) in [4.78, 5) is 29.8. The van der Waals surface area contributed by atoms with Gasteiger partial charge in [0.25, 0.3) is 0 Å². The molecule has 1 unspecified atom stereocenters. The number of benzene rings is 2. The maximum absolute atomic E-state index is 13.6. The van der Waals surface area contributed by atoms with E-state index in [1.807, 2.05) is 67.5 Å². The van der Waals surface area contributed by atoms with E-state index in [0.29, 0.717) is 13.1 Å². The van der Waals surface area contributed by atoms with Crippen molar-refractivity contribution in [2.24, 2.45) is 5.92 Å². The van der Waals surface area contributed by atoms with Crippen LogP contribution in [-0.2, 0) is 16.1 Å². The molecule has 1 aliphatic carbocycles. The van der Waals surface area contributed by atoms with Crippen molar-refractivity contribution in [2.45, 2.75) is 52.0 Å². The summed E-state index contributed by atoms with van der Waals surface area (Å²) >= 11 is 0. The van der Waals surface area contributed by atoms with Crippen molar-refractivity contribution in [3.8, 4) is 0 Å². The highest BCUT2D eigenvalue weighted by atomic mass is 16.2. The van der Waals surface area contributed by atoms with Gasteiger partial charge in [0.15, 0.2) is 0 Å². The Morgan fingerprint density at radius 3 is 2.35 bits per heavy atom. The summed E-state index contributed by atoms with van der Waals surface area (Å²) in [5.41, 5.74) is 3.97.